The van der Waals surface area contributed by atoms with Crippen molar-refractivity contribution in [1.82, 2.24) is 0 Å². The van der Waals surface area contributed by atoms with Crippen LogP contribution in [0.5, 0.6) is 11.5 Å². The van der Waals surface area contributed by atoms with Crippen LogP contribution in [0.15, 0.2) is 60.7 Å². The van der Waals surface area contributed by atoms with Gasteiger partial charge in [-0.2, -0.15) is 9.13 Å². The molecule has 5 rings (SSSR count). The van der Waals surface area contributed by atoms with Gasteiger partial charge in [0.25, 0.3) is 10.0 Å². The zero-order valence-corrected chi connectivity index (χ0v) is 29.0. The van der Waals surface area contributed by atoms with Crippen LogP contribution in [0.1, 0.15) is 21.1 Å². The molecule has 0 fully saturated rings. The maximum absolute atomic E-state index is 9.22. The molecule has 0 radical (unpaired) electrons. The Bertz CT molecular complexity index is 1930. The lowest BCUT2D eigenvalue weighted by Crippen LogP contribution is -2.28. The number of aromatic nitrogens is 2. The van der Waals surface area contributed by atoms with E-state index in [1.54, 1.807) is 36.9 Å². The average molecular weight is 709 g/mol. The van der Waals surface area contributed by atoms with E-state index in [-0.39, 0.29) is 0 Å². The van der Waals surface area contributed by atoms with Gasteiger partial charge in [0.2, 0.25) is 31.8 Å². The Morgan fingerprint density at radius 1 is 0.609 bits per heavy atom. The molecule has 2 aromatic heterocycles. The molecular weight excluding hydrogens is 677 g/mol. The second-order valence-corrected chi connectivity index (χ2v) is 13.5. The highest BCUT2D eigenvalue weighted by Gasteiger charge is 2.16. The fourth-order valence-electron chi connectivity index (χ4n) is 4.06. The first-order valence-corrected chi connectivity index (χ1v) is 17.4. The number of nitrogens with zero attached hydrogens (tertiary/aromatic N) is 2. The molecule has 0 atom stereocenters. The molecular formula is C30H32N2O10S4. The molecule has 46 heavy (non-hydrogen) atoms. The topological polar surface area (TPSA) is 159 Å². The number of methoxy groups -OCH3 is 2. The monoisotopic (exact) mass is 708 g/mol. The summed E-state index contributed by atoms with van der Waals surface area (Å²) in [5.41, 5.74) is 4.40. The van der Waals surface area contributed by atoms with Gasteiger partial charge in [0.05, 0.1) is 28.4 Å². The van der Waals surface area contributed by atoms with Crippen LogP contribution in [0.4, 0.5) is 0 Å². The lowest BCUT2D eigenvalue weighted by atomic mass is 10.1. The fourth-order valence-corrected chi connectivity index (χ4v) is 6.17. The number of fused-ring (bicyclic) bond motifs is 2. The Balaban J connectivity index is 0.000000410. The molecule has 0 aliphatic carbocycles. The first kappa shape index (κ1) is 36.7. The minimum Gasteiger partial charge on any atom is -0.726 e. The van der Waals surface area contributed by atoms with Crippen molar-refractivity contribution in [3.05, 3.63) is 81.8 Å². The van der Waals surface area contributed by atoms with Gasteiger partial charge in [-0.05, 0) is 36.4 Å². The summed E-state index contributed by atoms with van der Waals surface area (Å²) in [6.07, 6.45) is 8.44. The molecule has 246 valence electrons. The Hall–Kier alpha value is -3.74. The smallest absolute Gasteiger partial charge is 0.262 e. The Labute approximate surface area is 275 Å². The van der Waals surface area contributed by atoms with E-state index >= 15 is 0 Å². The van der Waals surface area contributed by atoms with Crippen molar-refractivity contribution < 1.29 is 52.9 Å². The van der Waals surface area contributed by atoms with Crippen LogP contribution in [0.2, 0.25) is 0 Å². The third-order valence-electron chi connectivity index (χ3n) is 6.34. The van der Waals surface area contributed by atoms with Gasteiger partial charge in [0, 0.05) is 35.4 Å². The molecule has 0 aliphatic heterocycles. The second kappa shape index (κ2) is 16.2. The number of hydrogen-bond donors (Lipinski definition) is 0. The molecule has 0 saturated heterocycles. The van der Waals surface area contributed by atoms with Crippen molar-refractivity contribution >= 4 is 88.2 Å². The highest BCUT2D eigenvalue weighted by molar-refractivity contribution is 7.81. The number of para-hydroxylation sites is 2. The lowest BCUT2D eigenvalue weighted by Gasteiger charge is -2.11. The fraction of sp³-hybridized carbons (Fsp3) is 0.200. The van der Waals surface area contributed by atoms with E-state index in [2.05, 4.69) is 104 Å². The largest absolute Gasteiger partial charge is 0.726 e. The van der Waals surface area contributed by atoms with Gasteiger partial charge in [0.15, 0.2) is 0 Å². The highest BCUT2D eigenvalue weighted by Crippen LogP contribution is 2.32. The number of thiazole rings is 2. The zero-order valence-electron chi connectivity index (χ0n) is 25.7. The number of hydrogen-bond acceptors (Lipinski definition) is 12. The van der Waals surface area contributed by atoms with Gasteiger partial charge in [-0.25, -0.2) is 16.8 Å². The van der Waals surface area contributed by atoms with Crippen molar-refractivity contribution in [2.24, 2.45) is 14.1 Å². The third-order valence-corrected chi connectivity index (χ3v) is 9.53. The van der Waals surface area contributed by atoms with E-state index in [0.29, 0.717) is 0 Å². The molecule has 0 bridgehead atoms. The minimum atomic E-state index is -4.41. The molecule has 5 aromatic rings. The standard InChI is InChI=1S/C28H26N2O2S2.2CH4O4S/c1-29-21-9-5-7-11-25(21)33-27(29)15-13-19-17-24(32-4)20(18-23(19)31-3)14-16-28-30(2)22-10-6-8-12-26(22)34-28;2*1-5-6(2,3)4/h5-18H,1-4H3;2*1H3,(H,2,3,4)/q+2;;/p-2/b15-13+,16-14+;;. The third kappa shape index (κ3) is 10.1. The zero-order chi connectivity index (χ0) is 34.1. The maximum atomic E-state index is 9.22. The number of benzene rings is 3. The van der Waals surface area contributed by atoms with Crippen LogP contribution in [0, 0.1) is 0 Å². The van der Waals surface area contributed by atoms with E-state index in [1.807, 2.05) is 12.1 Å². The quantitative estimate of drug-likeness (QED) is 0.129. The summed E-state index contributed by atoms with van der Waals surface area (Å²) in [7, 11) is 0.395. The Morgan fingerprint density at radius 3 is 1.22 bits per heavy atom. The van der Waals surface area contributed by atoms with Crippen LogP contribution in [-0.4, -0.2) is 54.4 Å². The van der Waals surface area contributed by atoms with E-state index in [0.717, 1.165) is 36.8 Å². The SMILES string of the molecule is COS(=O)(=O)[O-].COS(=O)(=O)[O-].COc1cc(/C=C/c2sc3ccccc3[n+]2C)c(OC)cc1/C=C/c1sc2ccccc2[n+]1C. The summed E-state index contributed by atoms with van der Waals surface area (Å²) < 4.78 is 80.5. The number of aryl methyl sites for hydroxylation is 2. The predicted octanol–water partition coefficient (Wildman–Crippen LogP) is 4.31. The first-order chi connectivity index (χ1) is 21.7. The van der Waals surface area contributed by atoms with Crippen molar-refractivity contribution in [3.63, 3.8) is 0 Å². The summed E-state index contributed by atoms with van der Waals surface area (Å²) in [6.45, 7) is 0. The molecule has 3 aromatic carbocycles. The van der Waals surface area contributed by atoms with Gasteiger partial charge in [0.1, 0.15) is 35.0 Å². The molecule has 0 saturated carbocycles. The van der Waals surface area contributed by atoms with Crippen molar-refractivity contribution in [2.75, 3.05) is 28.4 Å². The minimum absolute atomic E-state index is 0.807. The summed E-state index contributed by atoms with van der Waals surface area (Å²) >= 11 is 3.54. The molecule has 2 heterocycles. The van der Waals surface area contributed by atoms with Crippen LogP contribution in [-0.2, 0) is 43.3 Å². The summed E-state index contributed by atoms with van der Waals surface area (Å²) in [6, 6.07) is 21.0. The van der Waals surface area contributed by atoms with Gasteiger partial charge in [-0.3, -0.25) is 8.37 Å². The highest BCUT2D eigenvalue weighted by atomic mass is 32.3. The lowest BCUT2D eigenvalue weighted by molar-refractivity contribution is -0.642. The maximum Gasteiger partial charge on any atom is 0.262 e. The summed E-state index contributed by atoms with van der Waals surface area (Å²) in [5, 5.41) is 2.34. The van der Waals surface area contributed by atoms with Gasteiger partial charge in [-0.15, -0.1) is 0 Å². The van der Waals surface area contributed by atoms with Crippen LogP contribution < -0.4 is 18.6 Å². The molecule has 0 spiro atoms. The normalized spacial score (nSPS) is 11.8. The average Bonchev–Trinajstić information content (AvgIpc) is 3.54. The van der Waals surface area contributed by atoms with Crippen LogP contribution >= 0.6 is 22.7 Å². The van der Waals surface area contributed by atoms with Crippen molar-refractivity contribution in [2.45, 2.75) is 0 Å². The number of ether oxygens (including phenoxy) is 2. The van der Waals surface area contributed by atoms with Crippen LogP contribution in [0.25, 0.3) is 44.7 Å². The molecule has 0 aliphatic rings. The van der Waals surface area contributed by atoms with Crippen LogP contribution in [0.3, 0.4) is 0 Å². The van der Waals surface area contributed by atoms with E-state index in [4.69, 9.17) is 9.47 Å². The molecule has 0 N–H and O–H groups in total. The van der Waals surface area contributed by atoms with Gasteiger partial charge in [-0.1, -0.05) is 46.9 Å². The Morgan fingerprint density at radius 2 is 0.935 bits per heavy atom. The summed E-state index contributed by atoms with van der Waals surface area (Å²) in [4.78, 5) is 0. The van der Waals surface area contributed by atoms with Crippen molar-refractivity contribution in [3.8, 4) is 11.5 Å². The van der Waals surface area contributed by atoms with Crippen molar-refractivity contribution in [1.29, 1.82) is 0 Å². The van der Waals surface area contributed by atoms with E-state index in [9.17, 15) is 25.9 Å². The predicted molar refractivity (Wildman–Crippen MR) is 177 cm³/mol. The van der Waals surface area contributed by atoms with Gasteiger partial charge < -0.3 is 18.6 Å². The molecule has 12 nitrogen and oxygen atoms in total. The van der Waals surface area contributed by atoms with Gasteiger partial charge >= 0.3 is 0 Å². The van der Waals surface area contributed by atoms with E-state index in [1.165, 1.54) is 30.4 Å². The Kier molecular flexibility index (Phi) is 12.9. The first-order valence-electron chi connectivity index (χ1n) is 13.1. The molecule has 0 unspecified atom stereocenters. The molecule has 16 heteroatoms. The second-order valence-electron chi connectivity index (χ2n) is 9.09. The molecule has 0 amide bonds. The van der Waals surface area contributed by atoms with E-state index < -0.39 is 20.8 Å². The number of rotatable bonds is 8. The summed E-state index contributed by atoms with van der Waals surface area (Å²) in [5.74, 6) is 1.61.